The highest BCUT2D eigenvalue weighted by Crippen LogP contribution is 2.22. The van der Waals surface area contributed by atoms with Crippen LogP contribution in [0.3, 0.4) is 0 Å². The van der Waals surface area contributed by atoms with Crippen LogP contribution in [0.5, 0.6) is 0 Å². The predicted molar refractivity (Wildman–Crippen MR) is 81.3 cm³/mol. The first-order valence-corrected chi connectivity index (χ1v) is 8.92. The summed E-state index contributed by atoms with van der Waals surface area (Å²) in [4.78, 5) is 22.8. The van der Waals surface area contributed by atoms with Crippen LogP contribution >= 0.6 is 0 Å². The number of hydrogen-bond acceptors (Lipinski definition) is 6. The van der Waals surface area contributed by atoms with Crippen LogP contribution in [-0.2, 0) is 24.3 Å². The van der Waals surface area contributed by atoms with Crippen molar-refractivity contribution in [1.82, 2.24) is 4.31 Å². The lowest BCUT2D eigenvalue weighted by molar-refractivity contribution is -0.145. The van der Waals surface area contributed by atoms with Crippen LogP contribution in [0.25, 0.3) is 0 Å². The summed E-state index contributed by atoms with van der Waals surface area (Å²) in [5.41, 5.74) is -0.151. The number of sulfonamides is 1. The molecule has 0 spiro atoms. The van der Waals surface area contributed by atoms with Gasteiger partial charge < -0.3 is 9.47 Å². The van der Waals surface area contributed by atoms with E-state index in [0.717, 1.165) is 22.5 Å². The molecular weight excluding hydrogens is 341 g/mol. The first kappa shape index (κ1) is 18.3. The number of benzene rings is 1. The van der Waals surface area contributed by atoms with E-state index in [9.17, 15) is 22.4 Å². The molecule has 1 aromatic rings. The van der Waals surface area contributed by atoms with E-state index in [2.05, 4.69) is 4.74 Å². The highest BCUT2D eigenvalue weighted by Gasteiger charge is 2.32. The maximum absolute atomic E-state index is 14.0. The van der Waals surface area contributed by atoms with Crippen molar-refractivity contribution in [3.05, 3.63) is 29.6 Å². The lowest BCUT2D eigenvalue weighted by Gasteiger charge is -2.19. The van der Waals surface area contributed by atoms with Crippen LogP contribution in [0, 0.1) is 5.82 Å². The summed E-state index contributed by atoms with van der Waals surface area (Å²) >= 11 is 0. The lowest BCUT2D eigenvalue weighted by Crippen LogP contribution is -2.31. The van der Waals surface area contributed by atoms with Crippen molar-refractivity contribution >= 4 is 22.0 Å². The van der Waals surface area contributed by atoms with Gasteiger partial charge in [-0.2, -0.15) is 4.31 Å². The summed E-state index contributed by atoms with van der Waals surface area (Å²) in [5, 5.41) is 0. The van der Waals surface area contributed by atoms with Crippen molar-refractivity contribution in [1.29, 1.82) is 0 Å². The Balaban J connectivity index is 2.31. The molecule has 2 rings (SSSR count). The van der Waals surface area contributed by atoms with Gasteiger partial charge in [0.2, 0.25) is 16.1 Å². The molecular formula is C15H18FNO6S. The van der Waals surface area contributed by atoms with E-state index in [1.807, 2.05) is 0 Å². The van der Waals surface area contributed by atoms with E-state index in [4.69, 9.17) is 4.74 Å². The monoisotopic (exact) mass is 359 g/mol. The molecule has 0 amide bonds. The smallest absolute Gasteiger partial charge is 0.347 e. The van der Waals surface area contributed by atoms with Gasteiger partial charge in [-0.25, -0.2) is 22.4 Å². The number of rotatable bonds is 6. The molecule has 1 heterocycles. The summed E-state index contributed by atoms with van der Waals surface area (Å²) in [5.74, 6) is -2.52. The molecule has 1 fully saturated rings. The molecule has 1 saturated heterocycles. The fourth-order valence-corrected chi connectivity index (χ4v) is 3.86. The van der Waals surface area contributed by atoms with Crippen molar-refractivity contribution in [2.45, 2.75) is 31.3 Å². The Morgan fingerprint density at radius 1 is 1.38 bits per heavy atom. The third-order valence-electron chi connectivity index (χ3n) is 3.63. The summed E-state index contributed by atoms with van der Waals surface area (Å²) in [6.45, 7) is 3.75. The molecule has 0 N–H and O–H groups in total. The highest BCUT2D eigenvalue weighted by atomic mass is 32.2. The van der Waals surface area contributed by atoms with Crippen molar-refractivity contribution in [3.63, 3.8) is 0 Å². The molecule has 0 bridgehead atoms. The maximum atomic E-state index is 14.0. The van der Waals surface area contributed by atoms with Gasteiger partial charge in [-0.15, -0.1) is 0 Å². The zero-order valence-electron chi connectivity index (χ0n) is 13.3. The largest absolute Gasteiger partial charge is 0.463 e. The Bertz CT molecular complexity index is 744. The molecule has 9 heteroatoms. The van der Waals surface area contributed by atoms with Gasteiger partial charge in [0.1, 0.15) is 10.7 Å². The fraction of sp³-hybridized carbons (Fsp3) is 0.467. The topological polar surface area (TPSA) is 90.0 Å². The van der Waals surface area contributed by atoms with E-state index in [1.165, 1.54) is 0 Å². The number of halogens is 1. The average Bonchev–Trinajstić information content (AvgIpc) is 2.93. The van der Waals surface area contributed by atoms with E-state index < -0.39 is 38.8 Å². The van der Waals surface area contributed by atoms with Gasteiger partial charge in [0.05, 0.1) is 12.2 Å². The molecule has 0 aliphatic carbocycles. The first-order valence-electron chi connectivity index (χ1n) is 7.48. The third-order valence-corrected chi connectivity index (χ3v) is 5.69. The molecule has 1 unspecified atom stereocenters. The van der Waals surface area contributed by atoms with Crippen LogP contribution < -0.4 is 0 Å². The standard InChI is InChI=1S/C15H18FNO6S/c1-3-17(4-2)24(20,21)13-9-10(5-6-11(13)16)14(18)23-12-7-8-22-15(12)19/h5-6,9,12H,3-4,7-8H2,1-2H3. The second-order valence-corrected chi connectivity index (χ2v) is 6.99. The van der Waals surface area contributed by atoms with Crippen LogP contribution in [0.2, 0.25) is 0 Å². The number of ether oxygens (including phenoxy) is 2. The molecule has 0 saturated carbocycles. The Hall–Kier alpha value is -2.00. The van der Waals surface area contributed by atoms with E-state index in [0.29, 0.717) is 0 Å². The van der Waals surface area contributed by atoms with Gasteiger partial charge in [0, 0.05) is 19.5 Å². The van der Waals surface area contributed by atoms with Crippen molar-refractivity contribution in [2.24, 2.45) is 0 Å². The van der Waals surface area contributed by atoms with E-state index in [-0.39, 0.29) is 31.7 Å². The van der Waals surface area contributed by atoms with Crippen LogP contribution in [0.15, 0.2) is 23.1 Å². The second kappa shape index (κ2) is 7.27. The molecule has 132 valence electrons. The number of esters is 2. The van der Waals surface area contributed by atoms with Crippen molar-refractivity contribution < 1.29 is 31.9 Å². The summed E-state index contributed by atoms with van der Waals surface area (Å²) in [6, 6.07) is 2.92. The summed E-state index contributed by atoms with van der Waals surface area (Å²) < 4.78 is 49.6. The van der Waals surface area contributed by atoms with Crippen LogP contribution in [0.1, 0.15) is 30.6 Å². The molecule has 1 atom stereocenters. The Morgan fingerprint density at radius 3 is 2.58 bits per heavy atom. The number of cyclic esters (lactones) is 1. The minimum Gasteiger partial charge on any atom is -0.463 e. The highest BCUT2D eigenvalue weighted by molar-refractivity contribution is 7.89. The van der Waals surface area contributed by atoms with Gasteiger partial charge >= 0.3 is 11.9 Å². The molecule has 24 heavy (non-hydrogen) atoms. The third kappa shape index (κ3) is 3.57. The fourth-order valence-electron chi connectivity index (χ4n) is 2.31. The average molecular weight is 359 g/mol. The minimum atomic E-state index is -4.07. The quantitative estimate of drug-likeness (QED) is 0.712. The summed E-state index contributed by atoms with van der Waals surface area (Å²) in [6.07, 6.45) is -0.790. The van der Waals surface area contributed by atoms with Crippen LogP contribution in [-0.4, -0.2) is 50.5 Å². The number of nitrogens with zero attached hydrogens (tertiary/aromatic N) is 1. The van der Waals surface area contributed by atoms with E-state index in [1.54, 1.807) is 13.8 Å². The lowest BCUT2D eigenvalue weighted by atomic mass is 10.2. The zero-order chi connectivity index (χ0) is 17.9. The normalized spacial score (nSPS) is 17.8. The van der Waals surface area contributed by atoms with Gasteiger partial charge in [0.25, 0.3) is 0 Å². The minimum absolute atomic E-state index is 0.151. The van der Waals surface area contributed by atoms with Crippen LogP contribution in [0.4, 0.5) is 4.39 Å². The Morgan fingerprint density at radius 2 is 2.04 bits per heavy atom. The molecule has 1 aromatic carbocycles. The Kier molecular flexibility index (Phi) is 5.55. The predicted octanol–water partition coefficient (Wildman–Crippen LogP) is 1.33. The first-order chi connectivity index (χ1) is 11.3. The second-order valence-electron chi connectivity index (χ2n) is 5.08. The van der Waals surface area contributed by atoms with Gasteiger partial charge in [-0.3, -0.25) is 0 Å². The van der Waals surface area contributed by atoms with Crippen molar-refractivity contribution in [2.75, 3.05) is 19.7 Å². The van der Waals surface area contributed by atoms with Gasteiger partial charge in [0.15, 0.2) is 0 Å². The van der Waals surface area contributed by atoms with Gasteiger partial charge in [-0.1, -0.05) is 13.8 Å². The van der Waals surface area contributed by atoms with Crippen molar-refractivity contribution in [3.8, 4) is 0 Å². The SMILES string of the molecule is CCN(CC)S(=O)(=O)c1cc(C(=O)OC2CCOC2=O)ccc1F. The maximum Gasteiger partial charge on any atom is 0.347 e. The zero-order valence-corrected chi connectivity index (χ0v) is 14.1. The molecule has 0 aromatic heterocycles. The summed E-state index contributed by atoms with van der Waals surface area (Å²) in [7, 11) is -4.07. The molecule has 1 aliphatic rings. The number of carbonyl (C=O) groups excluding carboxylic acids is 2. The molecule has 0 radical (unpaired) electrons. The molecule has 7 nitrogen and oxygen atoms in total. The molecule has 1 aliphatic heterocycles. The van der Waals surface area contributed by atoms with E-state index >= 15 is 0 Å². The number of carbonyl (C=O) groups is 2. The van der Waals surface area contributed by atoms with Gasteiger partial charge in [-0.05, 0) is 18.2 Å². The Labute approximate surface area is 139 Å². The number of hydrogen-bond donors (Lipinski definition) is 0.